The molecule has 0 aliphatic heterocycles. The monoisotopic (exact) mass is 292 g/mol. The van der Waals surface area contributed by atoms with Gasteiger partial charge in [-0.05, 0) is 31.6 Å². The number of nitro benzene ring substituents is 1. The molecule has 1 aliphatic carbocycles. The molecule has 21 heavy (non-hydrogen) atoms. The number of para-hydroxylation sites is 1. The Bertz CT molecular complexity index is 510. The first kappa shape index (κ1) is 15.4. The van der Waals surface area contributed by atoms with Crippen LogP contribution in [0.5, 0.6) is 0 Å². The third-order valence-corrected chi connectivity index (χ3v) is 3.94. The molecule has 0 radical (unpaired) electrons. The van der Waals surface area contributed by atoms with E-state index in [0.29, 0.717) is 18.0 Å². The molecule has 1 amide bonds. The largest absolute Gasteiger partial charge is 0.393 e. The fourth-order valence-electron chi connectivity index (χ4n) is 2.68. The van der Waals surface area contributed by atoms with Gasteiger partial charge in [0.15, 0.2) is 0 Å². The van der Waals surface area contributed by atoms with Gasteiger partial charge >= 0.3 is 0 Å². The highest BCUT2D eigenvalue weighted by Gasteiger charge is 2.20. The number of rotatable bonds is 5. The van der Waals surface area contributed by atoms with Crippen LogP contribution in [0.25, 0.3) is 0 Å². The van der Waals surface area contributed by atoms with Gasteiger partial charge in [-0.1, -0.05) is 18.2 Å². The fourth-order valence-corrected chi connectivity index (χ4v) is 2.68. The summed E-state index contributed by atoms with van der Waals surface area (Å²) in [4.78, 5) is 22.3. The quantitative estimate of drug-likeness (QED) is 0.639. The van der Waals surface area contributed by atoms with Crippen LogP contribution in [0.15, 0.2) is 24.3 Å². The van der Waals surface area contributed by atoms with E-state index in [1.807, 2.05) is 0 Å². The van der Waals surface area contributed by atoms with Crippen LogP contribution < -0.4 is 5.32 Å². The van der Waals surface area contributed by atoms with Gasteiger partial charge in [0.05, 0.1) is 17.4 Å². The second-order valence-electron chi connectivity index (χ2n) is 5.54. The van der Waals surface area contributed by atoms with Crippen LogP contribution >= 0.6 is 0 Å². The summed E-state index contributed by atoms with van der Waals surface area (Å²) in [6.07, 6.45) is 3.20. The first-order chi connectivity index (χ1) is 10.1. The SMILES string of the molecule is O=C(Cc1ccccc1[N+](=O)[O-])NCC1CCC(O)CC1. The lowest BCUT2D eigenvalue weighted by molar-refractivity contribution is -0.385. The van der Waals surface area contributed by atoms with Crippen molar-refractivity contribution in [3.05, 3.63) is 39.9 Å². The highest BCUT2D eigenvalue weighted by Crippen LogP contribution is 2.23. The number of nitrogens with one attached hydrogen (secondary N) is 1. The Morgan fingerprint density at radius 2 is 1.95 bits per heavy atom. The Balaban J connectivity index is 1.83. The molecular formula is C15H20N2O4. The number of carbonyl (C=O) groups excluding carboxylic acids is 1. The van der Waals surface area contributed by atoms with Gasteiger partial charge in [0.1, 0.15) is 0 Å². The predicted molar refractivity (Wildman–Crippen MR) is 77.8 cm³/mol. The van der Waals surface area contributed by atoms with E-state index < -0.39 is 4.92 Å². The maximum Gasteiger partial charge on any atom is 0.273 e. The molecule has 2 rings (SSSR count). The van der Waals surface area contributed by atoms with E-state index in [1.54, 1.807) is 18.2 Å². The second-order valence-corrected chi connectivity index (χ2v) is 5.54. The molecule has 1 aromatic carbocycles. The molecule has 1 aliphatic rings. The van der Waals surface area contributed by atoms with Crippen LogP contribution in [0, 0.1) is 16.0 Å². The normalized spacial score (nSPS) is 21.8. The average Bonchev–Trinajstić information content (AvgIpc) is 2.47. The van der Waals surface area contributed by atoms with Crippen molar-refractivity contribution in [3.63, 3.8) is 0 Å². The number of benzene rings is 1. The Morgan fingerprint density at radius 1 is 1.29 bits per heavy atom. The molecule has 0 unspecified atom stereocenters. The summed E-state index contributed by atoms with van der Waals surface area (Å²) in [6, 6.07) is 6.30. The van der Waals surface area contributed by atoms with Crippen molar-refractivity contribution < 1.29 is 14.8 Å². The lowest BCUT2D eigenvalue weighted by atomic mass is 9.87. The second kappa shape index (κ2) is 7.17. The molecule has 0 aromatic heterocycles. The van der Waals surface area contributed by atoms with Gasteiger partial charge in [-0.3, -0.25) is 14.9 Å². The van der Waals surface area contributed by atoms with E-state index in [2.05, 4.69) is 5.32 Å². The van der Waals surface area contributed by atoms with Crippen LogP contribution in [-0.4, -0.2) is 28.6 Å². The number of aliphatic hydroxyl groups excluding tert-OH is 1. The zero-order valence-corrected chi connectivity index (χ0v) is 11.8. The van der Waals surface area contributed by atoms with Crippen molar-refractivity contribution >= 4 is 11.6 Å². The van der Waals surface area contributed by atoms with Crippen LogP contribution in [0.3, 0.4) is 0 Å². The number of amides is 1. The first-order valence-electron chi connectivity index (χ1n) is 7.23. The van der Waals surface area contributed by atoms with E-state index in [1.165, 1.54) is 6.07 Å². The molecule has 0 atom stereocenters. The minimum atomic E-state index is -0.467. The van der Waals surface area contributed by atoms with Gasteiger partial charge < -0.3 is 10.4 Å². The highest BCUT2D eigenvalue weighted by molar-refractivity contribution is 5.79. The summed E-state index contributed by atoms with van der Waals surface area (Å²) in [6.45, 7) is 0.576. The van der Waals surface area contributed by atoms with E-state index in [4.69, 9.17) is 0 Å². The molecule has 6 nitrogen and oxygen atoms in total. The molecule has 0 bridgehead atoms. The minimum absolute atomic E-state index is 0.0200. The van der Waals surface area contributed by atoms with Gasteiger partial charge in [0.25, 0.3) is 5.69 Å². The van der Waals surface area contributed by atoms with Crippen LogP contribution in [-0.2, 0) is 11.2 Å². The van der Waals surface area contributed by atoms with Crippen molar-refractivity contribution in [1.29, 1.82) is 0 Å². The van der Waals surface area contributed by atoms with Crippen LogP contribution in [0.1, 0.15) is 31.2 Å². The van der Waals surface area contributed by atoms with E-state index in [-0.39, 0.29) is 24.1 Å². The number of aliphatic hydroxyl groups is 1. The van der Waals surface area contributed by atoms with Crippen molar-refractivity contribution in [2.75, 3.05) is 6.54 Å². The van der Waals surface area contributed by atoms with Crippen molar-refractivity contribution in [2.24, 2.45) is 5.92 Å². The molecule has 6 heteroatoms. The van der Waals surface area contributed by atoms with Gasteiger partial charge in [-0.15, -0.1) is 0 Å². The highest BCUT2D eigenvalue weighted by atomic mass is 16.6. The standard InChI is InChI=1S/C15H20N2O4/c18-13-7-5-11(6-8-13)10-16-15(19)9-12-3-1-2-4-14(12)17(20)21/h1-4,11,13,18H,5-10H2,(H,16,19). The topological polar surface area (TPSA) is 92.5 Å². The summed E-state index contributed by atoms with van der Waals surface area (Å²) >= 11 is 0. The molecule has 1 fully saturated rings. The van der Waals surface area contributed by atoms with Gasteiger partial charge in [-0.25, -0.2) is 0 Å². The lowest BCUT2D eigenvalue weighted by Gasteiger charge is -2.25. The van der Waals surface area contributed by atoms with Gasteiger partial charge in [0, 0.05) is 18.2 Å². The van der Waals surface area contributed by atoms with Crippen molar-refractivity contribution in [1.82, 2.24) is 5.32 Å². The average molecular weight is 292 g/mol. The maximum atomic E-state index is 11.9. The van der Waals surface area contributed by atoms with E-state index in [9.17, 15) is 20.0 Å². The van der Waals surface area contributed by atoms with Gasteiger partial charge in [0.2, 0.25) is 5.91 Å². The van der Waals surface area contributed by atoms with Crippen LogP contribution in [0.2, 0.25) is 0 Å². The Kier molecular flexibility index (Phi) is 5.27. The minimum Gasteiger partial charge on any atom is -0.393 e. The summed E-state index contributed by atoms with van der Waals surface area (Å²) in [5.41, 5.74) is 0.410. The summed E-state index contributed by atoms with van der Waals surface area (Å²) in [7, 11) is 0. The van der Waals surface area contributed by atoms with Crippen molar-refractivity contribution in [3.8, 4) is 0 Å². The van der Waals surface area contributed by atoms with E-state index in [0.717, 1.165) is 25.7 Å². The summed E-state index contributed by atoms with van der Waals surface area (Å²) in [5, 5.41) is 23.2. The smallest absolute Gasteiger partial charge is 0.273 e. The zero-order chi connectivity index (χ0) is 15.2. The zero-order valence-electron chi connectivity index (χ0n) is 11.8. The van der Waals surface area contributed by atoms with E-state index >= 15 is 0 Å². The Labute approximate surface area is 123 Å². The molecule has 2 N–H and O–H groups in total. The molecule has 0 heterocycles. The molecule has 114 valence electrons. The molecule has 1 aromatic rings. The lowest BCUT2D eigenvalue weighted by Crippen LogP contribution is -2.33. The Morgan fingerprint density at radius 3 is 2.62 bits per heavy atom. The summed E-state index contributed by atoms with van der Waals surface area (Å²) in [5.74, 6) is 0.193. The number of hydrogen-bond donors (Lipinski definition) is 2. The summed E-state index contributed by atoms with van der Waals surface area (Å²) < 4.78 is 0. The number of carbonyl (C=O) groups is 1. The molecule has 0 saturated heterocycles. The molecule has 0 spiro atoms. The Hall–Kier alpha value is -1.95. The molecular weight excluding hydrogens is 272 g/mol. The molecule has 1 saturated carbocycles. The van der Waals surface area contributed by atoms with Crippen molar-refractivity contribution in [2.45, 2.75) is 38.2 Å². The number of nitrogens with zero attached hydrogens (tertiary/aromatic N) is 1. The third-order valence-electron chi connectivity index (χ3n) is 3.94. The third kappa shape index (κ3) is 4.53. The van der Waals surface area contributed by atoms with Gasteiger partial charge in [-0.2, -0.15) is 0 Å². The first-order valence-corrected chi connectivity index (χ1v) is 7.23. The maximum absolute atomic E-state index is 11.9. The van der Waals surface area contributed by atoms with Crippen LogP contribution in [0.4, 0.5) is 5.69 Å². The predicted octanol–water partition coefficient (Wildman–Crippen LogP) is 1.80. The fraction of sp³-hybridized carbons (Fsp3) is 0.533. The number of hydrogen-bond acceptors (Lipinski definition) is 4. The number of nitro groups is 1.